The maximum absolute atomic E-state index is 12.8. The second-order valence-corrected chi connectivity index (χ2v) is 10.3. The summed E-state index contributed by atoms with van der Waals surface area (Å²) in [6.07, 6.45) is 7.34. The third kappa shape index (κ3) is 5.36. The summed E-state index contributed by atoms with van der Waals surface area (Å²) >= 11 is 1.66. The van der Waals surface area contributed by atoms with Crippen LogP contribution in [0.4, 0.5) is 0 Å². The van der Waals surface area contributed by atoms with Gasteiger partial charge in [-0.15, -0.1) is 11.3 Å². The van der Waals surface area contributed by atoms with Gasteiger partial charge in [0.15, 0.2) is 4.96 Å². The minimum atomic E-state index is 0.0560. The Balaban J connectivity index is 1.07. The molecule has 0 N–H and O–H groups in total. The third-order valence-electron chi connectivity index (χ3n) is 6.37. The number of amides is 1. The summed E-state index contributed by atoms with van der Waals surface area (Å²) in [5, 5.41) is 4.11. The Kier molecular flexibility index (Phi) is 6.79. The first-order valence-electron chi connectivity index (χ1n) is 12.0. The highest BCUT2D eigenvalue weighted by Crippen LogP contribution is 2.22. The molecule has 0 bridgehead atoms. The Morgan fingerprint density at radius 3 is 2.63 bits per heavy atom. The van der Waals surface area contributed by atoms with Gasteiger partial charge < -0.3 is 9.42 Å². The van der Waals surface area contributed by atoms with Crippen molar-refractivity contribution in [2.75, 3.05) is 32.7 Å². The molecule has 1 aromatic carbocycles. The van der Waals surface area contributed by atoms with Crippen molar-refractivity contribution < 1.29 is 9.32 Å². The molecule has 0 atom stereocenters. The molecule has 4 aromatic rings. The molecule has 0 radical (unpaired) electrons. The molecule has 1 aliphatic rings. The number of carbonyl (C=O) groups is 1. The van der Waals surface area contributed by atoms with Crippen LogP contribution in [0.2, 0.25) is 0 Å². The molecule has 0 saturated carbocycles. The van der Waals surface area contributed by atoms with Crippen molar-refractivity contribution in [1.82, 2.24) is 29.3 Å². The number of carbonyl (C=O) groups excluding carboxylic acids is 1. The molecule has 182 valence electrons. The van der Waals surface area contributed by atoms with E-state index in [-0.39, 0.29) is 5.91 Å². The Labute approximate surface area is 208 Å². The summed E-state index contributed by atoms with van der Waals surface area (Å²) in [6, 6.07) is 8.13. The molecule has 1 saturated heterocycles. The first-order chi connectivity index (χ1) is 17.0. The largest absolute Gasteiger partial charge is 0.339 e. The van der Waals surface area contributed by atoms with Crippen LogP contribution >= 0.6 is 11.3 Å². The molecule has 0 aliphatic carbocycles. The standard InChI is InChI=1S/C26H30N6O2S/c1-18-6-8-21(9-7-18)25-28-23(34-29-25)5-4-12-30-13-15-31(16-14-30)24(33)11-10-22-20(3)27-26-32(22)17-19(2)35-26/h6-11,17H,4-5,12-16H2,1-3H3. The van der Waals surface area contributed by atoms with Crippen molar-refractivity contribution in [3.8, 4) is 11.4 Å². The summed E-state index contributed by atoms with van der Waals surface area (Å²) in [6.45, 7) is 10.3. The fourth-order valence-corrected chi connectivity index (χ4v) is 5.24. The van der Waals surface area contributed by atoms with E-state index in [0.717, 1.165) is 67.5 Å². The van der Waals surface area contributed by atoms with Gasteiger partial charge in [-0.3, -0.25) is 14.1 Å². The first-order valence-corrected chi connectivity index (χ1v) is 12.8. The van der Waals surface area contributed by atoms with E-state index < -0.39 is 0 Å². The molecular weight excluding hydrogens is 460 g/mol. The number of rotatable bonds is 7. The minimum absolute atomic E-state index is 0.0560. The van der Waals surface area contributed by atoms with Gasteiger partial charge >= 0.3 is 0 Å². The summed E-state index contributed by atoms with van der Waals surface area (Å²) in [5.74, 6) is 1.37. The number of hydrogen-bond donors (Lipinski definition) is 0. The number of hydrogen-bond acceptors (Lipinski definition) is 7. The zero-order valence-corrected chi connectivity index (χ0v) is 21.2. The SMILES string of the molecule is Cc1ccc(-c2noc(CCCN3CCN(C(=O)C=Cc4c(C)nc5sc(C)cn45)CC3)n2)cc1. The molecular formula is C26H30N6O2S. The van der Waals surface area contributed by atoms with Crippen LogP contribution in [0, 0.1) is 20.8 Å². The maximum atomic E-state index is 12.8. The van der Waals surface area contributed by atoms with Crippen LogP contribution in [0.25, 0.3) is 22.4 Å². The summed E-state index contributed by atoms with van der Waals surface area (Å²) in [5.41, 5.74) is 4.09. The van der Waals surface area contributed by atoms with E-state index in [1.54, 1.807) is 17.4 Å². The second kappa shape index (κ2) is 10.1. The fraction of sp³-hybridized carbons (Fsp3) is 0.385. The predicted molar refractivity (Wildman–Crippen MR) is 137 cm³/mol. The average Bonchev–Trinajstić information content (AvgIpc) is 3.53. The normalized spacial score (nSPS) is 15.0. The maximum Gasteiger partial charge on any atom is 0.246 e. The molecule has 1 aliphatic heterocycles. The van der Waals surface area contributed by atoms with E-state index in [2.05, 4.69) is 44.5 Å². The van der Waals surface area contributed by atoms with E-state index in [9.17, 15) is 4.79 Å². The Morgan fingerprint density at radius 2 is 1.86 bits per heavy atom. The Bertz CT molecular complexity index is 1340. The van der Waals surface area contributed by atoms with Gasteiger partial charge in [-0.1, -0.05) is 35.0 Å². The van der Waals surface area contributed by atoms with Gasteiger partial charge in [0.2, 0.25) is 17.6 Å². The molecule has 3 aromatic heterocycles. The van der Waals surface area contributed by atoms with E-state index in [1.165, 1.54) is 10.4 Å². The summed E-state index contributed by atoms with van der Waals surface area (Å²) < 4.78 is 7.50. The summed E-state index contributed by atoms with van der Waals surface area (Å²) in [7, 11) is 0. The predicted octanol–water partition coefficient (Wildman–Crippen LogP) is 4.16. The third-order valence-corrected chi connectivity index (χ3v) is 7.27. The number of benzene rings is 1. The summed E-state index contributed by atoms with van der Waals surface area (Å²) in [4.78, 5) is 28.4. The van der Waals surface area contributed by atoms with E-state index in [0.29, 0.717) is 11.7 Å². The van der Waals surface area contributed by atoms with Crippen molar-refractivity contribution in [2.24, 2.45) is 0 Å². The van der Waals surface area contributed by atoms with Gasteiger partial charge in [-0.25, -0.2) is 4.98 Å². The van der Waals surface area contributed by atoms with Gasteiger partial charge in [0, 0.05) is 55.3 Å². The lowest BCUT2D eigenvalue weighted by Gasteiger charge is -2.34. The molecule has 4 heterocycles. The Morgan fingerprint density at radius 1 is 1.09 bits per heavy atom. The van der Waals surface area contributed by atoms with Crippen LogP contribution in [0.5, 0.6) is 0 Å². The Hall–Kier alpha value is -3.30. The van der Waals surface area contributed by atoms with Crippen LogP contribution < -0.4 is 0 Å². The van der Waals surface area contributed by atoms with Crippen molar-refractivity contribution in [1.29, 1.82) is 0 Å². The van der Waals surface area contributed by atoms with Gasteiger partial charge in [0.05, 0.1) is 11.4 Å². The monoisotopic (exact) mass is 490 g/mol. The molecule has 0 spiro atoms. The van der Waals surface area contributed by atoms with Crippen LogP contribution in [-0.2, 0) is 11.2 Å². The number of aromatic nitrogens is 4. The lowest BCUT2D eigenvalue weighted by Crippen LogP contribution is -2.48. The minimum Gasteiger partial charge on any atom is -0.339 e. The van der Waals surface area contributed by atoms with Gasteiger partial charge in [0.25, 0.3) is 0 Å². The van der Waals surface area contributed by atoms with Crippen LogP contribution in [-0.4, -0.2) is 68.0 Å². The number of aryl methyl sites for hydroxylation is 4. The van der Waals surface area contributed by atoms with E-state index >= 15 is 0 Å². The number of imidazole rings is 1. The molecule has 35 heavy (non-hydrogen) atoms. The number of thiazole rings is 1. The van der Waals surface area contributed by atoms with Crippen LogP contribution in [0.3, 0.4) is 0 Å². The zero-order valence-electron chi connectivity index (χ0n) is 20.4. The zero-order chi connectivity index (χ0) is 24.4. The number of nitrogens with zero attached hydrogens (tertiary/aromatic N) is 6. The average molecular weight is 491 g/mol. The van der Waals surface area contributed by atoms with Gasteiger partial charge in [-0.2, -0.15) is 4.98 Å². The first kappa shape index (κ1) is 23.4. The molecule has 9 heteroatoms. The topological polar surface area (TPSA) is 79.8 Å². The number of fused-ring (bicyclic) bond motifs is 1. The fourth-order valence-electron chi connectivity index (χ4n) is 4.36. The van der Waals surface area contributed by atoms with Crippen molar-refractivity contribution in [3.63, 3.8) is 0 Å². The lowest BCUT2D eigenvalue weighted by atomic mass is 10.1. The second-order valence-electron chi connectivity index (χ2n) is 9.06. The van der Waals surface area contributed by atoms with Gasteiger partial charge in [0.1, 0.15) is 0 Å². The highest BCUT2D eigenvalue weighted by molar-refractivity contribution is 7.17. The lowest BCUT2D eigenvalue weighted by molar-refractivity contribution is -0.127. The molecule has 1 fully saturated rings. The van der Waals surface area contributed by atoms with E-state index in [4.69, 9.17) is 4.52 Å². The smallest absolute Gasteiger partial charge is 0.246 e. The number of piperazine rings is 1. The molecule has 8 nitrogen and oxygen atoms in total. The molecule has 1 amide bonds. The quantitative estimate of drug-likeness (QED) is 0.362. The van der Waals surface area contributed by atoms with Crippen molar-refractivity contribution in [2.45, 2.75) is 33.6 Å². The highest BCUT2D eigenvalue weighted by Gasteiger charge is 2.20. The van der Waals surface area contributed by atoms with Gasteiger partial charge in [-0.05, 0) is 39.8 Å². The van der Waals surface area contributed by atoms with Crippen LogP contribution in [0.15, 0.2) is 41.1 Å². The van der Waals surface area contributed by atoms with Crippen molar-refractivity contribution in [3.05, 3.63) is 64.3 Å². The highest BCUT2D eigenvalue weighted by atomic mass is 32.1. The molecule has 0 unspecified atom stereocenters. The van der Waals surface area contributed by atoms with Crippen molar-refractivity contribution >= 4 is 28.3 Å². The van der Waals surface area contributed by atoms with Crippen LogP contribution in [0.1, 0.15) is 34.1 Å². The molecule has 5 rings (SSSR count). The van der Waals surface area contributed by atoms with E-state index in [1.807, 2.05) is 42.2 Å².